The first-order chi connectivity index (χ1) is 13.7. The Morgan fingerprint density at radius 1 is 1.28 bits per heavy atom. The average molecular weight is 411 g/mol. The van der Waals surface area contributed by atoms with E-state index in [1.807, 2.05) is 25.1 Å². The van der Waals surface area contributed by atoms with Crippen molar-refractivity contribution in [1.29, 1.82) is 0 Å². The van der Waals surface area contributed by atoms with E-state index in [1.54, 1.807) is 23.5 Å². The standard InChI is InChI=1S/C24H30N2O2S/c1-6-12-25-22(28)20-18-11-10-17(24(3,4)5)14-19(18)29-23(20)26-21(27)16-9-7-8-15(2)13-16/h6-9,13,17H,1,10-12,14H2,2-5H3,(H,25,28)(H,26,27)/t17-/m0/s1. The van der Waals surface area contributed by atoms with Crippen molar-refractivity contribution in [3.05, 3.63) is 64.1 Å². The zero-order valence-electron chi connectivity index (χ0n) is 17.7. The lowest BCUT2D eigenvalue weighted by atomic mass is 9.72. The molecule has 154 valence electrons. The number of carbonyl (C=O) groups excluding carboxylic acids is 2. The van der Waals surface area contributed by atoms with E-state index in [2.05, 4.69) is 38.0 Å². The lowest BCUT2D eigenvalue weighted by Crippen LogP contribution is -2.28. The average Bonchev–Trinajstić information content (AvgIpc) is 3.02. The highest BCUT2D eigenvalue weighted by Gasteiger charge is 2.34. The number of anilines is 1. The molecule has 4 nitrogen and oxygen atoms in total. The van der Waals surface area contributed by atoms with Crippen LogP contribution in [-0.4, -0.2) is 18.4 Å². The predicted octanol–water partition coefficient (Wildman–Crippen LogP) is 5.38. The summed E-state index contributed by atoms with van der Waals surface area (Å²) >= 11 is 1.55. The first-order valence-corrected chi connectivity index (χ1v) is 10.9. The molecule has 5 heteroatoms. The van der Waals surface area contributed by atoms with Crippen molar-refractivity contribution in [2.75, 3.05) is 11.9 Å². The molecule has 0 fully saturated rings. The number of thiophene rings is 1. The summed E-state index contributed by atoms with van der Waals surface area (Å²) in [5.74, 6) is 0.242. The van der Waals surface area contributed by atoms with Crippen molar-refractivity contribution in [2.24, 2.45) is 11.3 Å². The Morgan fingerprint density at radius 2 is 2.03 bits per heavy atom. The Kier molecular flexibility index (Phi) is 6.27. The number of amides is 2. The molecular formula is C24H30N2O2S. The van der Waals surface area contributed by atoms with E-state index in [0.29, 0.717) is 28.6 Å². The maximum Gasteiger partial charge on any atom is 0.256 e. The number of hydrogen-bond acceptors (Lipinski definition) is 3. The van der Waals surface area contributed by atoms with E-state index in [4.69, 9.17) is 0 Å². The minimum atomic E-state index is -0.183. The second kappa shape index (κ2) is 8.54. The number of rotatable bonds is 5. The first kappa shape index (κ1) is 21.3. The molecule has 29 heavy (non-hydrogen) atoms. The van der Waals surface area contributed by atoms with Crippen molar-refractivity contribution >= 4 is 28.2 Å². The fourth-order valence-electron chi connectivity index (χ4n) is 3.87. The van der Waals surface area contributed by atoms with E-state index in [-0.39, 0.29) is 17.2 Å². The SMILES string of the molecule is C=CCNC(=O)c1c(NC(=O)c2cccc(C)c2)sc2c1CC[C@H](C(C)(C)C)C2. The van der Waals surface area contributed by atoms with Gasteiger partial charge in [0.2, 0.25) is 0 Å². The molecule has 1 aliphatic carbocycles. The van der Waals surface area contributed by atoms with Gasteiger partial charge in [0.1, 0.15) is 5.00 Å². The van der Waals surface area contributed by atoms with Crippen molar-refractivity contribution < 1.29 is 9.59 Å². The first-order valence-electron chi connectivity index (χ1n) is 10.1. The molecule has 0 radical (unpaired) electrons. The molecule has 0 unspecified atom stereocenters. The fraction of sp³-hybridized carbons (Fsp3) is 0.417. The second-order valence-electron chi connectivity index (χ2n) is 8.84. The van der Waals surface area contributed by atoms with Gasteiger partial charge in [0, 0.05) is 17.0 Å². The van der Waals surface area contributed by atoms with Gasteiger partial charge in [-0.15, -0.1) is 17.9 Å². The van der Waals surface area contributed by atoms with Gasteiger partial charge in [0.15, 0.2) is 0 Å². The maximum absolute atomic E-state index is 12.9. The molecule has 1 heterocycles. The van der Waals surface area contributed by atoms with Gasteiger partial charge >= 0.3 is 0 Å². The molecule has 2 aromatic rings. The highest BCUT2D eigenvalue weighted by atomic mass is 32.1. The summed E-state index contributed by atoms with van der Waals surface area (Å²) in [5.41, 5.74) is 3.57. The van der Waals surface area contributed by atoms with Crippen LogP contribution in [-0.2, 0) is 12.8 Å². The Morgan fingerprint density at radius 3 is 2.69 bits per heavy atom. The van der Waals surface area contributed by atoms with Crippen LogP contribution in [0.5, 0.6) is 0 Å². The summed E-state index contributed by atoms with van der Waals surface area (Å²) in [6.07, 6.45) is 4.54. The van der Waals surface area contributed by atoms with Crippen LogP contribution < -0.4 is 10.6 Å². The lowest BCUT2D eigenvalue weighted by molar-refractivity contribution is 0.0957. The van der Waals surface area contributed by atoms with E-state index in [0.717, 1.165) is 30.4 Å². The smallest absolute Gasteiger partial charge is 0.256 e. The number of hydrogen-bond donors (Lipinski definition) is 2. The van der Waals surface area contributed by atoms with E-state index in [9.17, 15) is 9.59 Å². The van der Waals surface area contributed by atoms with Gasteiger partial charge in [-0.3, -0.25) is 9.59 Å². The number of fused-ring (bicyclic) bond motifs is 1. The number of carbonyl (C=O) groups is 2. The van der Waals surface area contributed by atoms with Gasteiger partial charge in [-0.05, 0) is 55.2 Å². The highest BCUT2D eigenvalue weighted by molar-refractivity contribution is 7.17. The molecule has 0 aliphatic heterocycles. The van der Waals surface area contributed by atoms with Crippen molar-refractivity contribution in [2.45, 2.75) is 47.0 Å². The highest BCUT2D eigenvalue weighted by Crippen LogP contribution is 2.44. The van der Waals surface area contributed by atoms with E-state index in [1.165, 1.54) is 4.88 Å². The third-order valence-corrected chi connectivity index (χ3v) is 6.80. The molecule has 0 saturated heterocycles. The van der Waals surface area contributed by atoms with Crippen molar-refractivity contribution in [3.63, 3.8) is 0 Å². The predicted molar refractivity (Wildman–Crippen MR) is 121 cm³/mol. The zero-order chi connectivity index (χ0) is 21.2. The number of nitrogens with one attached hydrogen (secondary N) is 2. The quantitative estimate of drug-likeness (QED) is 0.651. The minimum absolute atomic E-state index is 0.142. The molecule has 0 saturated carbocycles. The van der Waals surface area contributed by atoms with Crippen molar-refractivity contribution in [3.8, 4) is 0 Å². The molecule has 3 rings (SSSR count). The Hall–Kier alpha value is -2.40. The van der Waals surface area contributed by atoms with Gasteiger partial charge in [0.05, 0.1) is 5.56 Å². The zero-order valence-corrected chi connectivity index (χ0v) is 18.5. The van der Waals surface area contributed by atoms with Crippen LogP contribution in [0.15, 0.2) is 36.9 Å². The normalized spacial score (nSPS) is 16.1. The summed E-state index contributed by atoms with van der Waals surface area (Å²) in [6.45, 7) is 12.9. The molecule has 1 aliphatic rings. The summed E-state index contributed by atoms with van der Waals surface area (Å²) in [4.78, 5) is 27.0. The Labute approximate surface area is 177 Å². The summed E-state index contributed by atoms with van der Waals surface area (Å²) in [6, 6.07) is 7.48. The molecule has 0 bridgehead atoms. The Bertz CT molecular complexity index is 937. The summed E-state index contributed by atoms with van der Waals surface area (Å²) < 4.78 is 0. The van der Waals surface area contributed by atoms with Gasteiger partial charge in [0.25, 0.3) is 11.8 Å². The number of aryl methyl sites for hydroxylation is 1. The van der Waals surface area contributed by atoms with Gasteiger partial charge in [-0.1, -0.05) is 44.5 Å². The largest absolute Gasteiger partial charge is 0.348 e. The third kappa shape index (κ3) is 4.78. The molecule has 2 N–H and O–H groups in total. The maximum atomic E-state index is 12.9. The topological polar surface area (TPSA) is 58.2 Å². The fourth-order valence-corrected chi connectivity index (χ4v) is 5.19. The summed E-state index contributed by atoms with van der Waals surface area (Å²) in [7, 11) is 0. The number of benzene rings is 1. The molecule has 1 aromatic heterocycles. The van der Waals surface area contributed by atoms with Crippen LogP contribution in [0.2, 0.25) is 0 Å². The molecular weight excluding hydrogens is 380 g/mol. The van der Waals surface area contributed by atoms with Gasteiger partial charge in [-0.2, -0.15) is 0 Å². The van der Waals surface area contributed by atoms with Crippen LogP contribution in [0, 0.1) is 18.3 Å². The molecule has 2 amide bonds. The van der Waals surface area contributed by atoms with Crippen LogP contribution >= 0.6 is 11.3 Å². The summed E-state index contributed by atoms with van der Waals surface area (Å²) in [5, 5.41) is 6.55. The third-order valence-electron chi connectivity index (χ3n) is 5.63. The van der Waals surface area contributed by atoms with Crippen LogP contribution in [0.4, 0.5) is 5.00 Å². The van der Waals surface area contributed by atoms with Crippen LogP contribution in [0.1, 0.15) is 63.9 Å². The molecule has 1 aromatic carbocycles. The van der Waals surface area contributed by atoms with Crippen LogP contribution in [0.25, 0.3) is 0 Å². The van der Waals surface area contributed by atoms with E-state index >= 15 is 0 Å². The molecule has 1 atom stereocenters. The van der Waals surface area contributed by atoms with Gasteiger partial charge in [-0.25, -0.2) is 0 Å². The van der Waals surface area contributed by atoms with Gasteiger partial charge < -0.3 is 10.6 Å². The van der Waals surface area contributed by atoms with Crippen LogP contribution in [0.3, 0.4) is 0 Å². The lowest BCUT2D eigenvalue weighted by Gasteiger charge is -2.33. The minimum Gasteiger partial charge on any atom is -0.348 e. The Balaban J connectivity index is 1.95. The monoisotopic (exact) mass is 410 g/mol. The second-order valence-corrected chi connectivity index (χ2v) is 9.94. The molecule has 0 spiro atoms. The van der Waals surface area contributed by atoms with E-state index < -0.39 is 0 Å². The van der Waals surface area contributed by atoms with Crippen molar-refractivity contribution in [1.82, 2.24) is 5.32 Å².